The maximum atomic E-state index is 5.73. The van der Waals surface area contributed by atoms with Gasteiger partial charge in [0.25, 0.3) is 0 Å². The van der Waals surface area contributed by atoms with Gasteiger partial charge in [0.2, 0.25) is 0 Å². The summed E-state index contributed by atoms with van der Waals surface area (Å²) in [7, 11) is 0. The maximum absolute atomic E-state index is 5.73. The monoisotopic (exact) mass is 162 g/mol. The molecule has 0 fully saturated rings. The first kappa shape index (κ1) is 8.81. The Morgan fingerprint density at radius 2 is 2.17 bits per heavy atom. The second kappa shape index (κ2) is 3.93. The van der Waals surface area contributed by atoms with E-state index in [1.807, 2.05) is 37.3 Å². The van der Waals surface area contributed by atoms with Gasteiger partial charge < -0.3 is 11.5 Å². The molecule has 0 heterocycles. The minimum Gasteiger partial charge on any atom is -0.398 e. The van der Waals surface area contributed by atoms with Gasteiger partial charge in [-0.15, -0.1) is 0 Å². The maximum Gasteiger partial charge on any atom is 0.0349 e. The molecule has 0 spiro atoms. The van der Waals surface area contributed by atoms with Crippen LogP contribution < -0.4 is 11.5 Å². The Balaban J connectivity index is 3.00. The van der Waals surface area contributed by atoms with E-state index in [1.54, 1.807) is 0 Å². The molecule has 0 aliphatic carbocycles. The van der Waals surface area contributed by atoms with Gasteiger partial charge in [0.1, 0.15) is 0 Å². The third-order valence-electron chi connectivity index (χ3n) is 1.85. The minimum absolute atomic E-state index is 0.564. The highest BCUT2D eigenvalue weighted by Crippen LogP contribution is 2.16. The largest absolute Gasteiger partial charge is 0.398 e. The number of rotatable bonds is 2. The molecule has 0 unspecified atom stereocenters. The average molecular weight is 162 g/mol. The van der Waals surface area contributed by atoms with Gasteiger partial charge in [0.05, 0.1) is 0 Å². The van der Waals surface area contributed by atoms with Gasteiger partial charge in [-0.25, -0.2) is 0 Å². The number of hydrogen-bond donors (Lipinski definition) is 2. The van der Waals surface area contributed by atoms with Crippen LogP contribution in [0.3, 0.4) is 0 Å². The highest BCUT2D eigenvalue weighted by molar-refractivity contribution is 5.62. The predicted octanol–water partition coefficient (Wildman–Crippen LogP) is 1.55. The summed E-state index contributed by atoms with van der Waals surface area (Å²) in [6, 6.07) is 5.87. The van der Waals surface area contributed by atoms with Gasteiger partial charge in [-0.1, -0.05) is 24.3 Å². The van der Waals surface area contributed by atoms with Gasteiger partial charge in [-0.3, -0.25) is 0 Å². The number of benzene rings is 1. The van der Waals surface area contributed by atoms with E-state index in [0.717, 1.165) is 16.8 Å². The lowest BCUT2D eigenvalue weighted by Crippen LogP contribution is -1.94. The Bertz CT molecular complexity index is 290. The van der Waals surface area contributed by atoms with Crippen LogP contribution >= 0.6 is 0 Å². The normalized spacial score (nSPS) is 10.8. The van der Waals surface area contributed by atoms with Crippen molar-refractivity contribution in [2.24, 2.45) is 5.73 Å². The number of anilines is 1. The molecule has 0 aromatic heterocycles. The summed E-state index contributed by atoms with van der Waals surface area (Å²) >= 11 is 0. The molecule has 1 aromatic rings. The molecular weight excluding hydrogens is 148 g/mol. The first-order chi connectivity index (χ1) is 5.75. The highest BCUT2D eigenvalue weighted by atomic mass is 14.6. The quantitative estimate of drug-likeness (QED) is 0.648. The van der Waals surface area contributed by atoms with Crippen molar-refractivity contribution in [3.63, 3.8) is 0 Å². The fourth-order valence-electron chi connectivity index (χ4n) is 1.05. The van der Waals surface area contributed by atoms with E-state index >= 15 is 0 Å². The smallest absolute Gasteiger partial charge is 0.0349 e. The Morgan fingerprint density at radius 1 is 1.42 bits per heavy atom. The summed E-state index contributed by atoms with van der Waals surface area (Å²) in [6.07, 6.45) is 3.91. The molecule has 0 aliphatic rings. The summed E-state index contributed by atoms with van der Waals surface area (Å²) in [5, 5.41) is 0. The molecule has 1 aromatic carbocycles. The van der Waals surface area contributed by atoms with Crippen molar-refractivity contribution in [2.45, 2.75) is 6.92 Å². The zero-order valence-electron chi connectivity index (χ0n) is 7.25. The van der Waals surface area contributed by atoms with Crippen molar-refractivity contribution in [1.82, 2.24) is 0 Å². The van der Waals surface area contributed by atoms with Gasteiger partial charge in [-0.2, -0.15) is 0 Å². The van der Waals surface area contributed by atoms with Gasteiger partial charge in [0, 0.05) is 12.2 Å². The lowest BCUT2D eigenvalue weighted by Gasteiger charge is -2.02. The summed E-state index contributed by atoms with van der Waals surface area (Å²) in [5.41, 5.74) is 14.2. The van der Waals surface area contributed by atoms with E-state index in [2.05, 4.69) is 0 Å². The van der Waals surface area contributed by atoms with Crippen LogP contribution in [0.2, 0.25) is 0 Å². The molecule has 0 atom stereocenters. The molecule has 0 saturated heterocycles. The zero-order valence-corrected chi connectivity index (χ0v) is 7.25. The van der Waals surface area contributed by atoms with Crippen molar-refractivity contribution in [2.75, 3.05) is 12.3 Å². The van der Waals surface area contributed by atoms with E-state index in [9.17, 15) is 0 Å². The zero-order chi connectivity index (χ0) is 8.97. The van der Waals surface area contributed by atoms with Crippen LogP contribution in [0.1, 0.15) is 11.1 Å². The molecule has 2 nitrogen and oxygen atoms in total. The molecule has 1 rings (SSSR count). The van der Waals surface area contributed by atoms with Crippen LogP contribution in [0.25, 0.3) is 6.08 Å². The van der Waals surface area contributed by atoms with Crippen LogP contribution in [0, 0.1) is 6.92 Å². The van der Waals surface area contributed by atoms with E-state index in [4.69, 9.17) is 11.5 Å². The fraction of sp³-hybridized carbons (Fsp3) is 0.200. The number of nitrogens with two attached hydrogens (primary N) is 2. The fourth-order valence-corrected chi connectivity index (χ4v) is 1.05. The van der Waals surface area contributed by atoms with Gasteiger partial charge >= 0.3 is 0 Å². The topological polar surface area (TPSA) is 52.0 Å². The molecule has 0 radical (unpaired) electrons. The Kier molecular flexibility index (Phi) is 2.88. The molecule has 0 saturated carbocycles. The average Bonchev–Trinajstić information content (AvgIpc) is 2.08. The van der Waals surface area contributed by atoms with E-state index in [-0.39, 0.29) is 0 Å². The van der Waals surface area contributed by atoms with Crippen LogP contribution in [0.4, 0.5) is 5.69 Å². The van der Waals surface area contributed by atoms with Crippen LogP contribution in [-0.2, 0) is 0 Å². The number of hydrogen-bond acceptors (Lipinski definition) is 2. The Morgan fingerprint density at radius 3 is 2.83 bits per heavy atom. The second-order valence-corrected chi connectivity index (χ2v) is 2.70. The molecule has 12 heavy (non-hydrogen) atoms. The summed E-state index contributed by atoms with van der Waals surface area (Å²) < 4.78 is 0. The first-order valence-corrected chi connectivity index (χ1v) is 3.97. The van der Waals surface area contributed by atoms with Crippen LogP contribution in [0.5, 0.6) is 0 Å². The molecule has 64 valence electrons. The van der Waals surface area contributed by atoms with E-state index < -0.39 is 0 Å². The van der Waals surface area contributed by atoms with Gasteiger partial charge in [0.15, 0.2) is 0 Å². The van der Waals surface area contributed by atoms with Crippen LogP contribution in [0.15, 0.2) is 24.3 Å². The summed E-state index contributed by atoms with van der Waals surface area (Å²) in [4.78, 5) is 0. The third-order valence-corrected chi connectivity index (χ3v) is 1.85. The Hall–Kier alpha value is -1.28. The second-order valence-electron chi connectivity index (χ2n) is 2.70. The van der Waals surface area contributed by atoms with Crippen molar-refractivity contribution in [3.05, 3.63) is 35.4 Å². The van der Waals surface area contributed by atoms with Crippen LogP contribution in [-0.4, -0.2) is 6.54 Å². The first-order valence-electron chi connectivity index (χ1n) is 3.97. The van der Waals surface area contributed by atoms with Crippen molar-refractivity contribution in [1.29, 1.82) is 0 Å². The summed E-state index contributed by atoms with van der Waals surface area (Å²) in [5.74, 6) is 0. The molecule has 0 aliphatic heterocycles. The molecule has 0 amide bonds. The predicted molar refractivity (Wildman–Crippen MR) is 53.7 cm³/mol. The Labute approximate surface area is 72.9 Å². The van der Waals surface area contributed by atoms with E-state index in [0.29, 0.717) is 6.54 Å². The van der Waals surface area contributed by atoms with E-state index in [1.165, 1.54) is 0 Å². The molecular formula is C10H14N2. The highest BCUT2D eigenvalue weighted by Gasteiger charge is 1.95. The van der Waals surface area contributed by atoms with Gasteiger partial charge in [-0.05, 0) is 24.1 Å². The molecule has 4 N–H and O–H groups in total. The lowest BCUT2D eigenvalue weighted by atomic mass is 10.1. The van der Waals surface area contributed by atoms with Crippen molar-refractivity contribution >= 4 is 11.8 Å². The SMILES string of the molecule is Cc1c(N)cccc1C=CCN. The van der Waals surface area contributed by atoms with Crippen molar-refractivity contribution in [3.8, 4) is 0 Å². The third kappa shape index (κ3) is 1.86. The summed E-state index contributed by atoms with van der Waals surface area (Å²) in [6.45, 7) is 2.57. The molecule has 2 heteroatoms. The minimum atomic E-state index is 0.564. The lowest BCUT2D eigenvalue weighted by molar-refractivity contribution is 1.26. The standard InChI is InChI=1S/C10H14N2/c1-8-9(5-3-7-11)4-2-6-10(8)12/h2-6H,7,11-12H2,1H3. The number of nitrogen functional groups attached to an aromatic ring is 1. The molecule has 0 bridgehead atoms. The van der Waals surface area contributed by atoms with Crippen molar-refractivity contribution < 1.29 is 0 Å².